The quantitative estimate of drug-likeness (QED) is 0.830. The van der Waals surface area contributed by atoms with Gasteiger partial charge in [-0.25, -0.2) is 4.99 Å². The van der Waals surface area contributed by atoms with Gasteiger partial charge in [0.25, 0.3) is 0 Å². The van der Waals surface area contributed by atoms with Crippen molar-refractivity contribution in [2.75, 3.05) is 18.5 Å². The normalized spacial score (nSPS) is 19.4. The van der Waals surface area contributed by atoms with Gasteiger partial charge >= 0.3 is 0 Å². The Morgan fingerprint density at radius 1 is 1.57 bits per heavy atom. The van der Waals surface area contributed by atoms with Crippen molar-refractivity contribution in [3.05, 3.63) is 29.3 Å². The van der Waals surface area contributed by atoms with E-state index in [4.69, 9.17) is 16.3 Å². The molecule has 3 nitrogen and oxygen atoms in total. The summed E-state index contributed by atoms with van der Waals surface area (Å²) in [5.41, 5.74) is 1.01. The van der Waals surface area contributed by atoms with Crippen molar-refractivity contribution in [3.63, 3.8) is 0 Å². The highest BCUT2D eigenvalue weighted by Crippen LogP contribution is 2.15. The third-order valence-electron chi connectivity index (χ3n) is 2.00. The number of halogens is 1. The summed E-state index contributed by atoms with van der Waals surface area (Å²) in [5, 5.41) is 3.99. The number of anilines is 1. The van der Waals surface area contributed by atoms with Crippen LogP contribution in [0.3, 0.4) is 0 Å². The van der Waals surface area contributed by atoms with Crippen LogP contribution in [0.2, 0.25) is 5.02 Å². The van der Waals surface area contributed by atoms with Crippen LogP contribution < -0.4 is 5.32 Å². The number of benzene rings is 1. The van der Waals surface area contributed by atoms with Crippen molar-refractivity contribution in [1.82, 2.24) is 0 Å². The summed E-state index contributed by atoms with van der Waals surface area (Å²) < 4.78 is 5.01. The Bertz CT molecular complexity index is 341. The van der Waals surface area contributed by atoms with Crippen LogP contribution in [0.5, 0.6) is 0 Å². The molecule has 0 aliphatic carbocycles. The van der Waals surface area contributed by atoms with E-state index >= 15 is 0 Å². The van der Waals surface area contributed by atoms with Crippen molar-refractivity contribution >= 4 is 23.7 Å². The topological polar surface area (TPSA) is 33.6 Å². The van der Waals surface area contributed by atoms with E-state index < -0.39 is 0 Å². The van der Waals surface area contributed by atoms with Crippen molar-refractivity contribution in [1.29, 1.82) is 0 Å². The molecule has 74 valence electrons. The fourth-order valence-corrected chi connectivity index (χ4v) is 1.46. The number of ether oxygens (including phenoxy) is 1. The zero-order valence-corrected chi connectivity index (χ0v) is 8.37. The van der Waals surface area contributed by atoms with Crippen molar-refractivity contribution in [3.8, 4) is 0 Å². The Kier molecular flexibility index (Phi) is 2.89. The van der Waals surface area contributed by atoms with E-state index in [0.717, 1.165) is 17.3 Å². The summed E-state index contributed by atoms with van der Waals surface area (Å²) in [7, 11) is 0. The molecular formula is C10H11ClN2O. The summed E-state index contributed by atoms with van der Waals surface area (Å²) in [6.07, 6.45) is 1.50. The van der Waals surface area contributed by atoms with Crippen molar-refractivity contribution < 1.29 is 4.74 Å². The van der Waals surface area contributed by atoms with Crippen LogP contribution in [-0.4, -0.2) is 25.6 Å². The molecule has 0 saturated carbocycles. The molecule has 14 heavy (non-hydrogen) atoms. The minimum absolute atomic E-state index is 0.217. The smallest absolute Gasteiger partial charge is 0.169 e. The Morgan fingerprint density at radius 2 is 2.50 bits per heavy atom. The zero-order chi connectivity index (χ0) is 9.80. The van der Waals surface area contributed by atoms with Crippen LogP contribution in [0.1, 0.15) is 0 Å². The van der Waals surface area contributed by atoms with E-state index in [1.165, 1.54) is 6.40 Å². The van der Waals surface area contributed by atoms with Gasteiger partial charge in [0.05, 0.1) is 0 Å². The molecule has 1 aliphatic rings. The lowest BCUT2D eigenvalue weighted by molar-refractivity contribution is 0.332. The molecule has 0 bridgehead atoms. The van der Waals surface area contributed by atoms with Gasteiger partial charge in [0.1, 0.15) is 12.6 Å². The fourth-order valence-electron chi connectivity index (χ4n) is 1.27. The van der Waals surface area contributed by atoms with Gasteiger partial charge < -0.3 is 10.1 Å². The van der Waals surface area contributed by atoms with Crippen LogP contribution >= 0.6 is 11.6 Å². The zero-order valence-electron chi connectivity index (χ0n) is 7.61. The number of aliphatic imine (C=N–C) groups is 1. The molecule has 1 aromatic rings. The lowest BCUT2D eigenvalue weighted by atomic mass is 10.3. The van der Waals surface area contributed by atoms with E-state index in [-0.39, 0.29) is 6.04 Å². The van der Waals surface area contributed by atoms with E-state index in [1.54, 1.807) is 0 Å². The summed E-state index contributed by atoms with van der Waals surface area (Å²) in [4.78, 5) is 4.13. The molecule has 0 radical (unpaired) electrons. The molecule has 0 amide bonds. The number of hydrogen-bond donors (Lipinski definition) is 1. The maximum absolute atomic E-state index is 5.85. The van der Waals surface area contributed by atoms with Crippen LogP contribution in [0.25, 0.3) is 0 Å². The van der Waals surface area contributed by atoms with Crippen molar-refractivity contribution in [2.45, 2.75) is 6.04 Å². The molecule has 4 heteroatoms. The average molecular weight is 211 g/mol. The molecule has 0 saturated heterocycles. The number of hydrogen-bond acceptors (Lipinski definition) is 3. The van der Waals surface area contributed by atoms with Crippen LogP contribution in [0, 0.1) is 0 Å². The first-order valence-electron chi connectivity index (χ1n) is 4.47. The molecule has 0 aromatic heterocycles. The Hall–Kier alpha value is -1.22. The molecule has 0 spiro atoms. The number of nitrogens with one attached hydrogen (secondary N) is 1. The number of rotatable bonds is 3. The second kappa shape index (κ2) is 4.33. The summed E-state index contributed by atoms with van der Waals surface area (Å²) in [6, 6.07) is 7.85. The monoisotopic (exact) mass is 210 g/mol. The highest BCUT2D eigenvalue weighted by atomic mass is 35.5. The standard InChI is InChI=1S/C10H11ClN2O/c11-8-2-1-3-9(4-8)12-5-10-6-14-7-13-10/h1-4,7,10,12H,5-6H2. The predicted molar refractivity (Wildman–Crippen MR) is 58.2 cm³/mol. The summed E-state index contributed by atoms with van der Waals surface area (Å²) in [6.45, 7) is 1.43. The molecule has 1 aliphatic heterocycles. The highest BCUT2D eigenvalue weighted by Gasteiger charge is 2.10. The molecule has 1 N–H and O–H groups in total. The SMILES string of the molecule is Clc1cccc(NCC2COC=N2)c1. The van der Waals surface area contributed by atoms with Crippen LogP contribution in [0.4, 0.5) is 5.69 Å². The molecule has 1 atom stereocenters. The average Bonchev–Trinajstić information content (AvgIpc) is 2.67. The molecule has 1 unspecified atom stereocenters. The van der Waals surface area contributed by atoms with E-state index in [2.05, 4.69) is 10.3 Å². The minimum Gasteiger partial charge on any atom is -0.481 e. The second-order valence-corrected chi connectivity index (χ2v) is 3.57. The maximum Gasteiger partial charge on any atom is 0.169 e. The molecule has 1 heterocycles. The van der Waals surface area contributed by atoms with Gasteiger partial charge in [-0.2, -0.15) is 0 Å². The van der Waals surface area contributed by atoms with E-state index in [9.17, 15) is 0 Å². The minimum atomic E-state index is 0.217. The Morgan fingerprint density at radius 3 is 3.21 bits per heavy atom. The summed E-state index contributed by atoms with van der Waals surface area (Å²) in [5.74, 6) is 0. The second-order valence-electron chi connectivity index (χ2n) is 3.13. The first kappa shape index (κ1) is 9.34. The largest absolute Gasteiger partial charge is 0.481 e. The van der Waals surface area contributed by atoms with Crippen LogP contribution in [0.15, 0.2) is 29.3 Å². The lowest BCUT2D eigenvalue weighted by Crippen LogP contribution is -2.18. The Balaban J connectivity index is 1.88. The fraction of sp³-hybridized carbons (Fsp3) is 0.300. The predicted octanol–water partition coefficient (Wildman–Crippen LogP) is 2.18. The van der Waals surface area contributed by atoms with Gasteiger partial charge in [-0.3, -0.25) is 0 Å². The van der Waals surface area contributed by atoms with Crippen LogP contribution in [-0.2, 0) is 4.74 Å². The van der Waals surface area contributed by atoms with Gasteiger partial charge in [0.2, 0.25) is 0 Å². The first-order chi connectivity index (χ1) is 6.84. The number of nitrogens with zero attached hydrogens (tertiary/aromatic N) is 1. The molecular weight excluding hydrogens is 200 g/mol. The molecule has 1 aromatic carbocycles. The van der Waals surface area contributed by atoms with E-state index in [1.807, 2.05) is 24.3 Å². The first-order valence-corrected chi connectivity index (χ1v) is 4.85. The lowest BCUT2D eigenvalue weighted by Gasteiger charge is -2.08. The van der Waals surface area contributed by atoms with Gasteiger partial charge in [-0.1, -0.05) is 17.7 Å². The van der Waals surface area contributed by atoms with Gasteiger partial charge in [0.15, 0.2) is 6.40 Å². The molecule has 2 rings (SSSR count). The van der Waals surface area contributed by atoms with Gasteiger partial charge in [-0.15, -0.1) is 0 Å². The van der Waals surface area contributed by atoms with E-state index in [0.29, 0.717) is 6.61 Å². The third-order valence-corrected chi connectivity index (χ3v) is 2.24. The third kappa shape index (κ3) is 2.39. The highest BCUT2D eigenvalue weighted by molar-refractivity contribution is 6.30. The molecule has 0 fully saturated rings. The van der Waals surface area contributed by atoms with Gasteiger partial charge in [0, 0.05) is 17.3 Å². The summed E-state index contributed by atoms with van der Waals surface area (Å²) >= 11 is 5.85. The van der Waals surface area contributed by atoms with Gasteiger partial charge in [-0.05, 0) is 18.2 Å². The van der Waals surface area contributed by atoms with Crippen molar-refractivity contribution in [2.24, 2.45) is 4.99 Å². The maximum atomic E-state index is 5.85. The Labute approximate surface area is 87.7 Å².